The minimum absolute atomic E-state index is 0.0916. The highest BCUT2D eigenvalue weighted by Crippen LogP contribution is 2.38. The van der Waals surface area contributed by atoms with E-state index in [1.54, 1.807) is 32.0 Å². The van der Waals surface area contributed by atoms with Crippen LogP contribution in [-0.4, -0.2) is 37.5 Å². The molecule has 8 heteroatoms. The van der Waals surface area contributed by atoms with E-state index in [4.69, 9.17) is 11.6 Å². The Kier molecular flexibility index (Phi) is 4.77. The first-order valence-corrected chi connectivity index (χ1v) is 8.68. The highest BCUT2D eigenvalue weighted by molar-refractivity contribution is 7.91. The number of unbranched alkanes of at least 4 members (excludes halogenated alkanes) is 1. The fourth-order valence-corrected chi connectivity index (χ4v) is 4.60. The van der Waals surface area contributed by atoms with Crippen LogP contribution in [0, 0.1) is 0 Å². The van der Waals surface area contributed by atoms with Crippen LogP contribution in [0.25, 0.3) is 0 Å². The van der Waals surface area contributed by atoms with E-state index in [1.807, 2.05) is 0 Å². The second-order valence-corrected chi connectivity index (χ2v) is 7.36. The van der Waals surface area contributed by atoms with Gasteiger partial charge >= 0.3 is 10.2 Å². The van der Waals surface area contributed by atoms with Crippen molar-refractivity contribution in [3.05, 3.63) is 28.8 Å². The molecule has 1 aromatic rings. The van der Waals surface area contributed by atoms with Crippen molar-refractivity contribution in [3.8, 4) is 0 Å². The third-order valence-corrected chi connectivity index (χ3v) is 5.66. The van der Waals surface area contributed by atoms with Crippen molar-refractivity contribution in [2.45, 2.75) is 32.7 Å². The molecule has 0 fully saturated rings. The molecule has 1 aliphatic heterocycles. The number of rotatable bonds is 5. The van der Waals surface area contributed by atoms with E-state index in [1.165, 1.54) is 0 Å². The Morgan fingerprint density at radius 1 is 1.32 bits per heavy atom. The summed E-state index contributed by atoms with van der Waals surface area (Å²) in [6.45, 7) is 3.36. The maximum absolute atomic E-state index is 12.8. The van der Waals surface area contributed by atoms with Crippen LogP contribution in [-0.2, 0) is 15.0 Å². The highest BCUT2D eigenvalue weighted by atomic mass is 35.5. The Balaban J connectivity index is 2.61. The van der Waals surface area contributed by atoms with Crippen molar-refractivity contribution < 1.29 is 18.0 Å². The number of aldehydes is 1. The smallest absolute Gasteiger partial charge is 0.303 e. The maximum Gasteiger partial charge on any atom is 0.329 e. The summed E-state index contributed by atoms with van der Waals surface area (Å²) < 4.78 is 27.5. The summed E-state index contributed by atoms with van der Waals surface area (Å²) in [5, 5.41) is 0.198. The summed E-state index contributed by atoms with van der Waals surface area (Å²) in [5.41, 5.74) is 0.444. The van der Waals surface area contributed by atoms with Crippen molar-refractivity contribution in [1.82, 2.24) is 4.31 Å². The van der Waals surface area contributed by atoms with Crippen LogP contribution >= 0.6 is 11.6 Å². The molecule has 1 heterocycles. The molecule has 0 bridgehead atoms. The third-order valence-electron chi connectivity index (χ3n) is 3.35. The predicted molar refractivity (Wildman–Crippen MR) is 84.3 cm³/mol. The number of benzene rings is 1. The van der Waals surface area contributed by atoms with Crippen LogP contribution in [0.2, 0.25) is 5.02 Å². The van der Waals surface area contributed by atoms with Gasteiger partial charge in [-0.15, -0.1) is 0 Å². The van der Waals surface area contributed by atoms with Gasteiger partial charge in [0.15, 0.2) is 0 Å². The molecule has 2 rings (SSSR count). The van der Waals surface area contributed by atoms with Crippen molar-refractivity contribution in [1.29, 1.82) is 0 Å². The SMILES string of the molecule is CC(C)N1C(=O)c2cccc(Cl)c2N(CCCC=O)S1(=O)=O. The molecule has 0 aliphatic carbocycles. The van der Waals surface area contributed by atoms with Gasteiger partial charge in [0, 0.05) is 19.0 Å². The zero-order chi connectivity index (χ0) is 16.5. The Hall–Kier alpha value is -1.60. The Morgan fingerprint density at radius 3 is 2.59 bits per heavy atom. The molecule has 0 aromatic heterocycles. The van der Waals surface area contributed by atoms with Crippen molar-refractivity contribution in [3.63, 3.8) is 0 Å². The van der Waals surface area contributed by atoms with E-state index in [-0.39, 0.29) is 29.2 Å². The molecule has 1 aliphatic rings. The maximum atomic E-state index is 12.8. The van der Waals surface area contributed by atoms with E-state index in [0.717, 1.165) is 14.9 Å². The van der Waals surface area contributed by atoms with E-state index in [9.17, 15) is 18.0 Å². The van der Waals surface area contributed by atoms with Crippen LogP contribution in [0.15, 0.2) is 18.2 Å². The van der Waals surface area contributed by atoms with Gasteiger partial charge in [0.05, 0.1) is 16.3 Å². The van der Waals surface area contributed by atoms with E-state index in [0.29, 0.717) is 6.42 Å². The molecule has 120 valence electrons. The van der Waals surface area contributed by atoms with Crippen LogP contribution in [0.5, 0.6) is 0 Å². The quantitative estimate of drug-likeness (QED) is 0.606. The van der Waals surface area contributed by atoms with Gasteiger partial charge in [-0.1, -0.05) is 17.7 Å². The topological polar surface area (TPSA) is 74.8 Å². The molecule has 0 spiro atoms. The van der Waals surface area contributed by atoms with E-state index in [2.05, 4.69) is 0 Å². The van der Waals surface area contributed by atoms with Crippen LogP contribution in [0.1, 0.15) is 37.0 Å². The van der Waals surface area contributed by atoms with Gasteiger partial charge in [0.1, 0.15) is 6.29 Å². The lowest BCUT2D eigenvalue weighted by molar-refractivity contribution is -0.107. The number of carbonyl (C=O) groups is 2. The van der Waals surface area contributed by atoms with Gasteiger partial charge in [-0.05, 0) is 32.4 Å². The van der Waals surface area contributed by atoms with Gasteiger partial charge in [-0.2, -0.15) is 8.42 Å². The largest absolute Gasteiger partial charge is 0.329 e. The van der Waals surface area contributed by atoms with Gasteiger partial charge in [-0.25, -0.2) is 4.31 Å². The zero-order valence-electron chi connectivity index (χ0n) is 12.3. The number of hydrogen-bond acceptors (Lipinski definition) is 4. The number of nitrogens with zero attached hydrogens (tertiary/aromatic N) is 2. The van der Waals surface area contributed by atoms with Crippen LogP contribution in [0.4, 0.5) is 5.69 Å². The van der Waals surface area contributed by atoms with E-state index >= 15 is 0 Å². The lowest BCUT2D eigenvalue weighted by Crippen LogP contribution is -2.54. The molecule has 0 unspecified atom stereocenters. The number of fused-ring (bicyclic) bond motifs is 1. The highest BCUT2D eigenvalue weighted by Gasteiger charge is 2.43. The minimum Gasteiger partial charge on any atom is -0.303 e. The fourth-order valence-electron chi connectivity index (χ4n) is 2.43. The molecule has 6 nitrogen and oxygen atoms in total. The normalized spacial score (nSPS) is 16.8. The molecule has 0 radical (unpaired) electrons. The number of anilines is 1. The molecule has 0 saturated heterocycles. The Bertz CT molecular complexity index is 703. The Morgan fingerprint density at radius 2 is 2.00 bits per heavy atom. The first-order valence-electron chi connectivity index (χ1n) is 6.91. The third kappa shape index (κ3) is 2.70. The molecular weight excluding hydrogens is 328 g/mol. The zero-order valence-corrected chi connectivity index (χ0v) is 13.9. The molecule has 0 saturated carbocycles. The standard InChI is InChI=1S/C14H17ClN2O4S/c1-10(2)17-14(19)11-6-5-7-12(15)13(11)16(22(17,20)21)8-3-4-9-18/h5-7,9-10H,3-4,8H2,1-2H3. The summed E-state index contributed by atoms with van der Waals surface area (Å²) in [5.74, 6) is -0.584. The van der Waals surface area contributed by atoms with Gasteiger partial charge in [-0.3, -0.25) is 9.10 Å². The number of para-hydroxylation sites is 1. The van der Waals surface area contributed by atoms with Crippen LogP contribution < -0.4 is 4.31 Å². The molecular formula is C14H17ClN2O4S. The summed E-state index contributed by atoms with van der Waals surface area (Å²) in [6, 6.07) is 4.19. The average Bonchev–Trinajstić information content (AvgIpc) is 2.42. The predicted octanol–water partition coefficient (Wildman–Crippen LogP) is 2.23. The number of amides is 1. The summed E-state index contributed by atoms with van der Waals surface area (Å²) in [6.07, 6.45) is 1.32. The monoisotopic (exact) mass is 344 g/mol. The van der Waals surface area contributed by atoms with Crippen molar-refractivity contribution in [2.24, 2.45) is 0 Å². The molecule has 0 N–H and O–H groups in total. The van der Waals surface area contributed by atoms with Gasteiger partial charge < -0.3 is 4.79 Å². The number of halogens is 1. The first kappa shape index (κ1) is 16.8. The van der Waals surface area contributed by atoms with Crippen molar-refractivity contribution >= 4 is 39.7 Å². The minimum atomic E-state index is -4.01. The molecule has 1 amide bonds. The molecule has 0 atom stereocenters. The summed E-state index contributed by atoms with van der Waals surface area (Å²) in [7, 11) is -4.01. The average molecular weight is 345 g/mol. The second kappa shape index (κ2) is 6.26. The number of carbonyl (C=O) groups excluding carboxylic acids is 2. The Labute approximate surface area is 134 Å². The second-order valence-electron chi connectivity index (χ2n) is 5.22. The lowest BCUT2D eigenvalue weighted by Gasteiger charge is -2.39. The van der Waals surface area contributed by atoms with Crippen LogP contribution in [0.3, 0.4) is 0 Å². The van der Waals surface area contributed by atoms with Crippen molar-refractivity contribution in [2.75, 3.05) is 10.8 Å². The summed E-state index contributed by atoms with van der Waals surface area (Å²) >= 11 is 6.12. The molecule has 22 heavy (non-hydrogen) atoms. The van der Waals surface area contributed by atoms with Gasteiger partial charge in [0.2, 0.25) is 0 Å². The van der Waals surface area contributed by atoms with E-state index < -0.39 is 22.2 Å². The fraction of sp³-hybridized carbons (Fsp3) is 0.429. The molecule has 1 aromatic carbocycles. The lowest BCUT2D eigenvalue weighted by atomic mass is 10.1. The summed E-state index contributed by atoms with van der Waals surface area (Å²) in [4.78, 5) is 23.0. The first-order chi connectivity index (χ1) is 10.3. The van der Waals surface area contributed by atoms with Gasteiger partial charge in [0.25, 0.3) is 5.91 Å². The number of hydrogen-bond donors (Lipinski definition) is 0.